The third-order valence-corrected chi connectivity index (χ3v) is 5.17. The summed E-state index contributed by atoms with van der Waals surface area (Å²) in [6, 6.07) is 3.18. The molecule has 2 aromatic heterocycles. The summed E-state index contributed by atoms with van der Waals surface area (Å²) in [5.41, 5.74) is 0.119. The highest BCUT2D eigenvalue weighted by Crippen LogP contribution is 2.17. The van der Waals surface area contributed by atoms with E-state index in [4.69, 9.17) is 4.74 Å². The van der Waals surface area contributed by atoms with E-state index in [9.17, 15) is 14.4 Å². The zero-order valence-corrected chi connectivity index (χ0v) is 15.1. The Morgan fingerprint density at radius 1 is 1.36 bits per heavy atom. The van der Waals surface area contributed by atoms with E-state index < -0.39 is 11.2 Å². The van der Waals surface area contributed by atoms with Crippen molar-refractivity contribution in [2.75, 3.05) is 13.2 Å². The molecule has 8 heteroatoms. The first-order valence-electron chi connectivity index (χ1n) is 8.16. The summed E-state index contributed by atoms with van der Waals surface area (Å²) < 4.78 is 7.87. The van der Waals surface area contributed by atoms with Gasteiger partial charge in [0.1, 0.15) is 5.69 Å². The normalized spacial score (nSPS) is 17.0. The molecule has 0 bridgehead atoms. The van der Waals surface area contributed by atoms with E-state index in [0.717, 1.165) is 23.0 Å². The van der Waals surface area contributed by atoms with E-state index in [2.05, 4.69) is 0 Å². The van der Waals surface area contributed by atoms with Crippen molar-refractivity contribution in [1.82, 2.24) is 14.0 Å². The van der Waals surface area contributed by atoms with Gasteiger partial charge >= 0.3 is 5.69 Å². The van der Waals surface area contributed by atoms with E-state index in [1.807, 2.05) is 16.8 Å². The molecule has 1 aliphatic rings. The van der Waals surface area contributed by atoms with Gasteiger partial charge < -0.3 is 9.64 Å². The molecular formula is C17H21N3O4S. The number of carbonyl (C=O) groups excluding carboxylic acids is 1. The van der Waals surface area contributed by atoms with Crippen molar-refractivity contribution in [3.05, 3.63) is 55.0 Å². The first-order valence-corrected chi connectivity index (χ1v) is 9.10. The molecule has 3 rings (SSSR count). The van der Waals surface area contributed by atoms with Crippen LogP contribution in [0.15, 0.2) is 32.5 Å². The van der Waals surface area contributed by atoms with Crippen molar-refractivity contribution >= 4 is 17.2 Å². The van der Waals surface area contributed by atoms with Gasteiger partial charge in [-0.25, -0.2) is 4.79 Å². The molecule has 2 aromatic rings. The molecule has 0 aliphatic carbocycles. The Morgan fingerprint density at radius 3 is 2.80 bits per heavy atom. The Bertz CT molecular complexity index is 863. The zero-order valence-electron chi connectivity index (χ0n) is 14.3. The fraction of sp³-hybridized carbons (Fsp3) is 0.471. The molecule has 3 heterocycles. The predicted octanol–water partition coefficient (Wildman–Crippen LogP) is 0.967. The highest BCUT2D eigenvalue weighted by Gasteiger charge is 2.26. The maximum atomic E-state index is 13.1. The Morgan fingerprint density at radius 2 is 2.16 bits per heavy atom. The Balaban J connectivity index is 1.93. The molecule has 0 spiro atoms. The van der Waals surface area contributed by atoms with Crippen LogP contribution >= 0.6 is 11.3 Å². The molecule has 1 fully saturated rings. The summed E-state index contributed by atoms with van der Waals surface area (Å²) in [6.07, 6.45) is 1.88. The monoisotopic (exact) mass is 363 g/mol. The topological polar surface area (TPSA) is 73.5 Å². The molecule has 25 heavy (non-hydrogen) atoms. The number of aromatic nitrogens is 2. The van der Waals surface area contributed by atoms with Gasteiger partial charge in [-0.15, -0.1) is 0 Å². The van der Waals surface area contributed by atoms with Crippen LogP contribution in [0, 0.1) is 0 Å². The number of thiophene rings is 1. The quantitative estimate of drug-likeness (QED) is 0.793. The number of ether oxygens (including phenoxy) is 1. The SMILES string of the molecule is Cn1c(C(=O)N(Cc2ccsc2)C[C@@H]2CCCO2)cc(=O)n(C)c1=O. The number of hydrogen-bond acceptors (Lipinski definition) is 5. The van der Waals surface area contributed by atoms with E-state index >= 15 is 0 Å². The van der Waals surface area contributed by atoms with Gasteiger partial charge in [0, 0.05) is 39.9 Å². The lowest BCUT2D eigenvalue weighted by atomic mass is 10.2. The van der Waals surface area contributed by atoms with Crippen LogP contribution in [0.4, 0.5) is 0 Å². The maximum Gasteiger partial charge on any atom is 0.331 e. The molecule has 1 amide bonds. The Labute approximate surface area is 149 Å². The minimum absolute atomic E-state index is 0.00819. The molecule has 0 N–H and O–H groups in total. The fourth-order valence-electron chi connectivity index (χ4n) is 2.96. The lowest BCUT2D eigenvalue weighted by Crippen LogP contribution is -2.43. The fourth-order valence-corrected chi connectivity index (χ4v) is 3.62. The molecule has 0 radical (unpaired) electrons. The van der Waals surface area contributed by atoms with Gasteiger partial charge in [-0.2, -0.15) is 11.3 Å². The standard InChI is InChI=1S/C17H21N3O4S/c1-18-14(8-15(21)19(2)17(18)23)16(22)20(9-12-5-7-25-11-12)10-13-4-3-6-24-13/h5,7-8,11,13H,3-4,6,9-10H2,1-2H3/t13-/m0/s1. The highest BCUT2D eigenvalue weighted by molar-refractivity contribution is 7.07. The van der Waals surface area contributed by atoms with Crippen molar-refractivity contribution in [3.63, 3.8) is 0 Å². The number of nitrogens with zero attached hydrogens (tertiary/aromatic N) is 3. The molecule has 0 unspecified atom stereocenters. The van der Waals surface area contributed by atoms with Crippen LogP contribution in [-0.2, 0) is 25.4 Å². The minimum Gasteiger partial charge on any atom is -0.376 e. The van der Waals surface area contributed by atoms with E-state index in [0.29, 0.717) is 19.7 Å². The highest BCUT2D eigenvalue weighted by atomic mass is 32.1. The van der Waals surface area contributed by atoms with Gasteiger partial charge in [0.2, 0.25) is 0 Å². The van der Waals surface area contributed by atoms with Gasteiger partial charge in [0.05, 0.1) is 6.10 Å². The lowest BCUT2D eigenvalue weighted by Gasteiger charge is -2.26. The summed E-state index contributed by atoms with van der Waals surface area (Å²) in [4.78, 5) is 38.8. The van der Waals surface area contributed by atoms with Crippen LogP contribution in [0.5, 0.6) is 0 Å². The molecular weight excluding hydrogens is 342 g/mol. The molecule has 0 aromatic carbocycles. The van der Waals surface area contributed by atoms with Gasteiger partial charge in [-0.05, 0) is 35.2 Å². The van der Waals surface area contributed by atoms with Crippen LogP contribution in [0.3, 0.4) is 0 Å². The van der Waals surface area contributed by atoms with Crippen LogP contribution < -0.4 is 11.2 Å². The van der Waals surface area contributed by atoms with Crippen molar-refractivity contribution in [3.8, 4) is 0 Å². The zero-order chi connectivity index (χ0) is 18.0. The second kappa shape index (κ2) is 7.37. The average molecular weight is 363 g/mol. The van der Waals surface area contributed by atoms with Crippen LogP contribution in [-0.4, -0.2) is 39.2 Å². The molecule has 134 valence electrons. The molecule has 1 atom stereocenters. The van der Waals surface area contributed by atoms with E-state index in [1.165, 1.54) is 24.7 Å². The Hall–Kier alpha value is -2.19. The molecule has 1 aliphatic heterocycles. The first kappa shape index (κ1) is 17.6. The van der Waals surface area contributed by atoms with Crippen LogP contribution in [0.2, 0.25) is 0 Å². The maximum absolute atomic E-state index is 13.1. The largest absolute Gasteiger partial charge is 0.376 e. The summed E-state index contributed by atoms with van der Waals surface area (Å²) in [7, 11) is 2.90. The summed E-state index contributed by atoms with van der Waals surface area (Å²) in [5, 5.41) is 3.94. The summed E-state index contributed by atoms with van der Waals surface area (Å²) >= 11 is 1.56. The third-order valence-electron chi connectivity index (χ3n) is 4.43. The minimum atomic E-state index is -0.511. The van der Waals surface area contributed by atoms with E-state index in [-0.39, 0.29) is 17.7 Å². The third kappa shape index (κ3) is 3.74. The van der Waals surface area contributed by atoms with Crippen LogP contribution in [0.1, 0.15) is 28.9 Å². The summed E-state index contributed by atoms with van der Waals surface area (Å²) in [5.74, 6) is -0.334. The van der Waals surface area contributed by atoms with Gasteiger partial charge in [-0.1, -0.05) is 0 Å². The number of rotatable bonds is 5. The second-order valence-corrected chi connectivity index (χ2v) is 7.00. The smallest absolute Gasteiger partial charge is 0.331 e. The van der Waals surface area contributed by atoms with E-state index in [1.54, 1.807) is 16.2 Å². The lowest BCUT2D eigenvalue weighted by molar-refractivity contribution is 0.0498. The first-order chi connectivity index (χ1) is 12.0. The second-order valence-electron chi connectivity index (χ2n) is 6.22. The van der Waals surface area contributed by atoms with Gasteiger partial charge in [-0.3, -0.25) is 18.7 Å². The molecule has 7 nitrogen and oxygen atoms in total. The predicted molar refractivity (Wildman–Crippen MR) is 95.0 cm³/mol. The van der Waals surface area contributed by atoms with Crippen molar-refractivity contribution in [1.29, 1.82) is 0 Å². The van der Waals surface area contributed by atoms with Crippen LogP contribution in [0.25, 0.3) is 0 Å². The molecule has 0 saturated carbocycles. The molecule has 1 saturated heterocycles. The van der Waals surface area contributed by atoms with Gasteiger partial charge in [0.25, 0.3) is 11.5 Å². The summed E-state index contributed by atoms with van der Waals surface area (Å²) in [6.45, 7) is 1.57. The average Bonchev–Trinajstić information content (AvgIpc) is 3.29. The number of hydrogen-bond donors (Lipinski definition) is 0. The van der Waals surface area contributed by atoms with Gasteiger partial charge in [0.15, 0.2) is 0 Å². The number of carbonyl (C=O) groups is 1. The Kier molecular flexibility index (Phi) is 5.19. The van der Waals surface area contributed by atoms with Crippen molar-refractivity contribution in [2.45, 2.75) is 25.5 Å². The number of amides is 1. The van der Waals surface area contributed by atoms with Crippen molar-refractivity contribution < 1.29 is 9.53 Å². The van der Waals surface area contributed by atoms with Crippen molar-refractivity contribution in [2.24, 2.45) is 14.1 Å².